The minimum atomic E-state index is -0.959. The molecule has 0 radical (unpaired) electrons. The predicted octanol–water partition coefficient (Wildman–Crippen LogP) is 3.07. The molecule has 0 saturated heterocycles. The molecule has 0 aliphatic rings. The lowest BCUT2D eigenvalue weighted by Crippen LogP contribution is -2.27. The fourth-order valence-electron chi connectivity index (χ4n) is 1.57. The van der Waals surface area contributed by atoms with E-state index in [9.17, 15) is 4.79 Å². The fraction of sp³-hybridized carbons (Fsp3) is 0.308. The van der Waals surface area contributed by atoms with Gasteiger partial charge in [0, 0.05) is 36.6 Å². The first kappa shape index (κ1) is 14.9. The van der Waals surface area contributed by atoms with Crippen LogP contribution in [0.2, 0.25) is 0 Å². The van der Waals surface area contributed by atoms with Crippen molar-refractivity contribution in [3.05, 3.63) is 35.9 Å². The number of hydrogen-bond donors (Lipinski definition) is 1. The summed E-state index contributed by atoms with van der Waals surface area (Å²) < 4.78 is 0. The van der Waals surface area contributed by atoms with Crippen LogP contribution in [0.3, 0.4) is 0 Å². The topological polar surface area (TPSA) is 40.5 Å². The van der Waals surface area contributed by atoms with E-state index >= 15 is 0 Å². The molecule has 18 heavy (non-hydrogen) atoms. The maximum Gasteiger partial charge on any atom is 0.328 e. The summed E-state index contributed by atoms with van der Waals surface area (Å²) in [6.07, 6.45) is 2.68. The molecule has 1 N–H and O–H groups in total. The van der Waals surface area contributed by atoms with Crippen molar-refractivity contribution in [1.82, 2.24) is 0 Å². The molecule has 0 bridgehead atoms. The van der Waals surface area contributed by atoms with Crippen LogP contribution in [0.5, 0.6) is 0 Å². The van der Waals surface area contributed by atoms with E-state index in [0.717, 1.165) is 17.3 Å². The second-order valence-corrected chi connectivity index (χ2v) is 4.39. The maximum atomic E-state index is 10.5. The van der Waals surface area contributed by atoms with Crippen LogP contribution in [0.4, 0.5) is 5.69 Å². The summed E-state index contributed by atoms with van der Waals surface area (Å²) >= 11 is 11.5. The maximum absolute atomic E-state index is 10.5. The van der Waals surface area contributed by atoms with Gasteiger partial charge < -0.3 is 10.0 Å². The number of carboxylic acids is 1. The van der Waals surface area contributed by atoms with Crippen LogP contribution in [0, 0.1) is 0 Å². The lowest BCUT2D eigenvalue weighted by atomic mass is 10.1. The van der Waals surface area contributed by atoms with E-state index in [-0.39, 0.29) is 0 Å². The SMILES string of the molecule is O=C(O)/C=C\c1cccc(N(CCCl)CCCl)c1. The van der Waals surface area contributed by atoms with Crippen molar-refractivity contribution in [1.29, 1.82) is 0 Å². The van der Waals surface area contributed by atoms with E-state index in [1.807, 2.05) is 24.3 Å². The third-order valence-corrected chi connectivity index (χ3v) is 2.70. The van der Waals surface area contributed by atoms with E-state index in [2.05, 4.69) is 4.90 Å². The first-order chi connectivity index (χ1) is 8.67. The van der Waals surface area contributed by atoms with E-state index in [4.69, 9.17) is 28.3 Å². The van der Waals surface area contributed by atoms with Gasteiger partial charge in [-0.2, -0.15) is 0 Å². The third kappa shape index (κ3) is 4.98. The molecule has 0 spiro atoms. The Morgan fingerprint density at radius 1 is 1.28 bits per heavy atom. The summed E-state index contributed by atoms with van der Waals surface area (Å²) in [5.41, 5.74) is 1.83. The monoisotopic (exact) mass is 287 g/mol. The molecule has 1 aromatic rings. The molecule has 1 rings (SSSR count). The van der Waals surface area contributed by atoms with Gasteiger partial charge in [0.25, 0.3) is 0 Å². The van der Waals surface area contributed by atoms with Crippen LogP contribution in [-0.4, -0.2) is 35.9 Å². The lowest BCUT2D eigenvalue weighted by molar-refractivity contribution is -0.131. The smallest absolute Gasteiger partial charge is 0.328 e. The number of anilines is 1. The van der Waals surface area contributed by atoms with Crippen LogP contribution < -0.4 is 4.90 Å². The standard InChI is InChI=1S/C13H15Cl2NO2/c14-6-8-16(9-7-15)12-3-1-2-11(10-12)4-5-13(17)18/h1-5,10H,6-9H2,(H,17,18)/b5-4-. The van der Waals surface area contributed by atoms with Crippen molar-refractivity contribution in [3.63, 3.8) is 0 Å². The van der Waals surface area contributed by atoms with Gasteiger partial charge >= 0.3 is 5.97 Å². The molecule has 98 valence electrons. The molecule has 0 heterocycles. The normalized spacial score (nSPS) is 10.8. The van der Waals surface area contributed by atoms with E-state index < -0.39 is 5.97 Å². The average Bonchev–Trinajstić information content (AvgIpc) is 2.36. The number of alkyl halides is 2. The van der Waals surface area contributed by atoms with E-state index in [1.54, 1.807) is 6.08 Å². The second kappa shape index (κ2) is 8.01. The molecule has 0 saturated carbocycles. The number of halogens is 2. The molecule has 0 atom stereocenters. The molecule has 5 heteroatoms. The van der Waals surface area contributed by atoms with E-state index in [1.165, 1.54) is 0 Å². The number of nitrogens with zero attached hydrogens (tertiary/aromatic N) is 1. The van der Waals surface area contributed by atoms with Gasteiger partial charge in [0.05, 0.1) is 0 Å². The Morgan fingerprint density at radius 2 is 1.94 bits per heavy atom. The highest BCUT2D eigenvalue weighted by atomic mass is 35.5. The summed E-state index contributed by atoms with van der Waals surface area (Å²) in [4.78, 5) is 12.5. The molecule has 0 unspecified atom stereocenters. The zero-order valence-electron chi connectivity index (χ0n) is 9.85. The van der Waals surface area contributed by atoms with Gasteiger partial charge in [-0.3, -0.25) is 0 Å². The first-order valence-electron chi connectivity index (χ1n) is 5.55. The van der Waals surface area contributed by atoms with Gasteiger partial charge in [0.2, 0.25) is 0 Å². The predicted molar refractivity (Wildman–Crippen MR) is 76.8 cm³/mol. The number of carboxylic acid groups (broad SMARTS) is 1. The van der Waals surface area contributed by atoms with Crippen molar-refractivity contribution in [2.75, 3.05) is 29.7 Å². The van der Waals surface area contributed by atoms with Gasteiger partial charge in [-0.15, -0.1) is 23.2 Å². The van der Waals surface area contributed by atoms with Crippen molar-refractivity contribution in [2.24, 2.45) is 0 Å². The van der Waals surface area contributed by atoms with Gasteiger partial charge in [0.15, 0.2) is 0 Å². The molecule has 0 aromatic heterocycles. The first-order valence-corrected chi connectivity index (χ1v) is 6.62. The Labute approximate surface area is 117 Å². The largest absolute Gasteiger partial charge is 0.478 e. The van der Waals surface area contributed by atoms with Gasteiger partial charge in [-0.05, 0) is 23.8 Å². The zero-order valence-corrected chi connectivity index (χ0v) is 11.4. The molecule has 0 aliphatic heterocycles. The van der Waals surface area contributed by atoms with Crippen molar-refractivity contribution < 1.29 is 9.90 Å². The minimum absolute atomic E-state index is 0.520. The Bertz CT molecular complexity index is 415. The quantitative estimate of drug-likeness (QED) is 0.619. The van der Waals surface area contributed by atoms with Crippen molar-refractivity contribution in [2.45, 2.75) is 0 Å². The molecule has 0 amide bonds. The number of carbonyl (C=O) groups is 1. The number of benzene rings is 1. The fourth-order valence-corrected chi connectivity index (χ4v) is 1.97. The highest BCUT2D eigenvalue weighted by Crippen LogP contribution is 2.17. The lowest BCUT2D eigenvalue weighted by Gasteiger charge is -2.23. The minimum Gasteiger partial charge on any atom is -0.478 e. The van der Waals surface area contributed by atoms with Crippen LogP contribution >= 0.6 is 23.2 Å². The Hall–Kier alpha value is -1.19. The molecular weight excluding hydrogens is 273 g/mol. The van der Waals surface area contributed by atoms with Crippen molar-refractivity contribution >= 4 is 40.9 Å². The highest BCUT2D eigenvalue weighted by molar-refractivity contribution is 6.18. The van der Waals surface area contributed by atoms with Crippen LogP contribution in [0.15, 0.2) is 30.3 Å². The van der Waals surface area contributed by atoms with Crippen LogP contribution in [-0.2, 0) is 4.79 Å². The number of aliphatic carboxylic acids is 1. The van der Waals surface area contributed by atoms with Gasteiger partial charge in [0.1, 0.15) is 0 Å². The molecular formula is C13H15Cl2NO2. The average molecular weight is 288 g/mol. The zero-order chi connectivity index (χ0) is 13.4. The van der Waals surface area contributed by atoms with Gasteiger partial charge in [-0.1, -0.05) is 12.1 Å². The molecule has 1 aromatic carbocycles. The summed E-state index contributed by atoms with van der Waals surface area (Å²) in [5, 5.41) is 8.59. The molecule has 0 aliphatic carbocycles. The summed E-state index contributed by atoms with van der Waals surface area (Å²) in [6.45, 7) is 1.42. The Balaban J connectivity index is 2.87. The summed E-state index contributed by atoms with van der Waals surface area (Å²) in [6, 6.07) is 7.60. The molecule has 3 nitrogen and oxygen atoms in total. The van der Waals surface area contributed by atoms with E-state index in [0.29, 0.717) is 24.8 Å². The second-order valence-electron chi connectivity index (χ2n) is 3.63. The van der Waals surface area contributed by atoms with Crippen molar-refractivity contribution in [3.8, 4) is 0 Å². The Kier molecular flexibility index (Phi) is 6.61. The van der Waals surface area contributed by atoms with Crippen LogP contribution in [0.25, 0.3) is 6.08 Å². The summed E-state index contributed by atoms with van der Waals surface area (Å²) in [7, 11) is 0. The third-order valence-electron chi connectivity index (χ3n) is 2.36. The highest BCUT2D eigenvalue weighted by Gasteiger charge is 2.05. The van der Waals surface area contributed by atoms with Crippen LogP contribution in [0.1, 0.15) is 5.56 Å². The summed E-state index contributed by atoms with van der Waals surface area (Å²) in [5.74, 6) is 0.0804. The Morgan fingerprint density at radius 3 is 2.50 bits per heavy atom. The molecule has 0 fully saturated rings. The number of rotatable bonds is 7. The van der Waals surface area contributed by atoms with Gasteiger partial charge in [-0.25, -0.2) is 4.79 Å². The number of hydrogen-bond acceptors (Lipinski definition) is 2.